The molecule has 0 rings (SSSR count). The zero-order chi connectivity index (χ0) is 8.85. The van der Waals surface area contributed by atoms with Gasteiger partial charge in [0, 0.05) is 6.42 Å². The van der Waals surface area contributed by atoms with E-state index in [4.69, 9.17) is 5.73 Å². The maximum Gasteiger partial charge on any atom is 0.210 e. The summed E-state index contributed by atoms with van der Waals surface area (Å²) in [5.41, 5.74) is 5.18. The van der Waals surface area contributed by atoms with Crippen LogP contribution in [0.3, 0.4) is 0 Å². The number of hydrogen-bond acceptors (Lipinski definition) is 4. The fourth-order valence-corrected chi connectivity index (χ4v) is 0.601. The number of Topliss-reactive ketones (excluding diaryl/α,β-unsaturated/α-hetero) is 1. The Labute approximate surface area is 64.8 Å². The number of ketones is 1. The summed E-state index contributed by atoms with van der Waals surface area (Å²) in [4.78, 5) is 30.8. The first-order chi connectivity index (χ1) is 5.13. The predicted octanol–water partition coefficient (Wildman–Crippen LogP) is -0.872. The molecule has 2 atom stereocenters. The first-order valence-electron chi connectivity index (χ1n) is 3.15. The molecule has 0 aromatic heterocycles. The van der Waals surface area contributed by atoms with Crippen LogP contribution in [0.4, 0.5) is 0 Å². The van der Waals surface area contributed by atoms with Crippen LogP contribution < -0.4 is 5.73 Å². The molecule has 0 spiro atoms. The van der Waals surface area contributed by atoms with E-state index in [0.717, 1.165) is 0 Å². The van der Waals surface area contributed by atoms with Crippen LogP contribution in [0.2, 0.25) is 0 Å². The highest BCUT2D eigenvalue weighted by Gasteiger charge is 2.21. The Morgan fingerprint density at radius 3 is 2.36 bits per heavy atom. The van der Waals surface area contributed by atoms with E-state index in [0.29, 0.717) is 0 Å². The van der Waals surface area contributed by atoms with Crippen LogP contribution in [0.5, 0.6) is 0 Å². The summed E-state index contributed by atoms with van der Waals surface area (Å²) >= 11 is 0. The summed E-state index contributed by atoms with van der Waals surface area (Å²) in [6, 6.07) is -0.727. The van der Waals surface area contributed by atoms with E-state index in [1.54, 1.807) is 0 Å². The Hall–Kier alpha value is -1.03. The third-order valence-corrected chi connectivity index (χ3v) is 1.22. The minimum absolute atomic E-state index is 0.246. The van der Waals surface area contributed by atoms with Crippen molar-refractivity contribution in [1.82, 2.24) is 0 Å². The van der Waals surface area contributed by atoms with Crippen LogP contribution in [0.25, 0.3) is 0 Å². The van der Waals surface area contributed by atoms with Gasteiger partial charge in [-0.3, -0.25) is 14.4 Å². The van der Waals surface area contributed by atoms with Crippen LogP contribution in [-0.2, 0) is 14.4 Å². The predicted molar refractivity (Wildman–Crippen MR) is 38.2 cm³/mol. The van der Waals surface area contributed by atoms with E-state index in [1.165, 1.54) is 19.5 Å². The van der Waals surface area contributed by atoms with Gasteiger partial charge in [-0.25, -0.2) is 0 Å². The Balaban J connectivity index is 4.13. The molecule has 4 nitrogen and oxygen atoms in total. The molecule has 11 heavy (non-hydrogen) atoms. The Bertz CT molecular complexity index is 165. The van der Waals surface area contributed by atoms with Gasteiger partial charge in [-0.1, -0.05) is 0 Å². The van der Waals surface area contributed by atoms with Crippen LogP contribution in [-0.4, -0.2) is 24.4 Å². The molecular formula is C7H9NO3. The van der Waals surface area contributed by atoms with Crippen LogP contribution >= 0.6 is 0 Å². The average molecular weight is 155 g/mol. The first kappa shape index (κ1) is 9.97. The maximum atomic E-state index is 10.9. The molecule has 0 aliphatic rings. The summed E-state index contributed by atoms with van der Waals surface area (Å²) in [5.74, 6) is -1.50. The second kappa shape index (κ2) is 4.73. The minimum atomic E-state index is -1.03. The van der Waals surface area contributed by atoms with Gasteiger partial charge in [-0.2, -0.15) is 0 Å². The maximum absolute atomic E-state index is 10.9. The highest BCUT2D eigenvalue weighted by Crippen LogP contribution is 2.00. The fraction of sp³-hybridized carbons (Fsp3) is 0.571. The summed E-state index contributed by atoms with van der Waals surface area (Å²) in [6.45, 7) is 1.46. The van der Waals surface area contributed by atoms with Gasteiger partial charge < -0.3 is 5.73 Å². The Morgan fingerprint density at radius 1 is 1.55 bits per heavy atom. The largest absolute Gasteiger partial charge is 0.322 e. The summed E-state index contributed by atoms with van der Waals surface area (Å²) < 4.78 is 0. The second-order valence-corrected chi connectivity index (χ2v) is 2.21. The van der Waals surface area contributed by atoms with Gasteiger partial charge in [-0.15, -0.1) is 0 Å². The lowest BCUT2D eigenvalue weighted by atomic mass is 9.98. The molecule has 0 bridgehead atoms. The summed E-state index contributed by atoms with van der Waals surface area (Å²) in [7, 11) is 0. The monoisotopic (exact) mass is 155 g/mol. The molecule has 0 fully saturated rings. The molecule has 60 valence electrons. The zero-order valence-corrected chi connectivity index (χ0v) is 6.16. The molecule has 0 aliphatic heterocycles. The number of hydrogen-bond donors (Lipinski definition) is 1. The van der Waals surface area contributed by atoms with Crippen LogP contribution in [0.15, 0.2) is 0 Å². The highest BCUT2D eigenvalue weighted by molar-refractivity contribution is 5.98. The van der Waals surface area contributed by atoms with Crippen LogP contribution in [0, 0.1) is 5.92 Å². The lowest BCUT2D eigenvalue weighted by Gasteiger charge is -2.06. The smallest absolute Gasteiger partial charge is 0.210 e. The molecule has 0 aliphatic carbocycles. The van der Waals surface area contributed by atoms with E-state index in [2.05, 4.69) is 0 Å². The van der Waals surface area contributed by atoms with E-state index >= 15 is 0 Å². The number of rotatable bonds is 5. The normalized spacial score (nSPS) is 15.1. The van der Waals surface area contributed by atoms with E-state index in [-0.39, 0.29) is 6.42 Å². The third-order valence-electron chi connectivity index (χ3n) is 1.22. The lowest BCUT2D eigenvalue weighted by Crippen LogP contribution is -2.33. The summed E-state index contributed by atoms with van der Waals surface area (Å²) in [6.07, 6.45) is 2.66. The van der Waals surface area contributed by atoms with Gasteiger partial charge in [-0.05, 0) is 6.92 Å². The number of nitrogens with two attached hydrogens (primary N) is 1. The van der Waals surface area contributed by atoms with Crippen molar-refractivity contribution >= 4 is 18.4 Å². The van der Waals surface area contributed by atoms with Crippen LogP contribution in [0.1, 0.15) is 13.3 Å². The number of carbonyl (C=O) groups excluding carboxylic acids is 3. The molecule has 2 N–H and O–H groups in total. The molecule has 0 aromatic carbocycles. The molecular weight excluding hydrogens is 146 g/mol. The van der Waals surface area contributed by atoms with Gasteiger partial charge in [0.2, 0.25) is 6.29 Å². The molecule has 2 radical (unpaired) electrons. The van der Waals surface area contributed by atoms with Crippen molar-refractivity contribution in [3.63, 3.8) is 0 Å². The van der Waals surface area contributed by atoms with E-state index in [1.807, 2.05) is 0 Å². The molecule has 0 aromatic rings. The quantitative estimate of drug-likeness (QED) is 0.523. The van der Waals surface area contributed by atoms with Gasteiger partial charge in [0.25, 0.3) is 0 Å². The van der Waals surface area contributed by atoms with Crippen molar-refractivity contribution in [1.29, 1.82) is 0 Å². The fourth-order valence-electron chi connectivity index (χ4n) is 0.601. The average Bonchev–Trinajstić information content (AvgIpc) is 1.98. The lowest BCUT2D eigenvalue weighted by molar-refractivity contribution is -0.121. The van der Waals surface area contributed by atoms with Crippen molar-refractivity contribution < 1.29 is 14.4 Å². The Kier molecular flexibility index (Phi) is 4.29. The molecule has 2 unspecified atom stereocenters. The van der Waals surface area contributed by atoms with Crippen molar-refractivity contribution in [2.75, 3.05) is 0 Å². The van der Waals surface area contributed by atoms with Crippen molar-refractivity contribution in [3.8, 4) is 0 Å². The molecule has 0 saturated heterocycles. The SMILES string of the molecule is CC(N)C(=O)C([C]=O)C[C]=O. The third kappa shape index (κ3) is 3.04. The Morgan fingerprint density at radius 2 is 2.09 bits per heavy atom. The van der Waals surface area contributed by atoms with Gasteiger partial charge in [0.1, 0.15) is 0 Å². The van der Waals surface area contributed by atoms with Crippen molar-refractivity contribution in [2.45, 2.75) is 19.4 Å². The van der Waals surface area contributed by atoms with Gasteiger partial charge in [0.15, 0.2) is 12.1 Å². The van der Waals surface area contributed by atoms with Gasteiger partial charge in [0.05, 0.1) is 12.0 Å². The van der Waals surface area contributed by atoms with Crippen molar-refractivity contribution in [2.24, 2.45) is 11.7 Å². The van der Waals surface area contributed by atoms with Gasteiger partial charge >= 0.3 is 0 Å². The molecule has 0 amide bonds. The van der Waals surface area contributed by atoms with E-state index in [9.17, 15) is 14.4 Å². The van der Waals surface area contributed by atoms with Crippen molar-refractivity contribution in [3.05, 3.63) is 0 Å². The molecule has 4 heteroatoms. The molecule has 0 saturated carbocycles. The summed E-state index contributed by atoms with van der Waals surface area (Å²) in [5, 5.41) is 0. The van der Waals surface area contributed by atoms with E-state index < -0.39 is 17.7 Å². The molecule has 0 heterocycles. The first-order valence-corrected chi connectivity index (χ1v) is 3.15. The topological polar surface area (TPSA) is 77.2 Å². The standard InChI is InChI=1S/C7H9NO3/c1-5(8)7(11)6(4-10)2-3-9/h5-6H,2,8H2,1H3. The number of carbonyl (C=O) groups is 1. The second-order valence-electron chi connectivity index (χ2n) is 2.21. The minimum Gasteiger partial charge on any atom is -0.322 e. The zero-order valence-electron chi connectivity index (χ0n) is 6.16. The highest BCUT2D eigenvalue weighted by atomic mass is 16.1.